The minimum atomic E-state index is -0.271. The Hall–Kier alpha value is -2.34. The zero-order valence-corrected chi connectivity index (χ0v) is 15.2. The van der Waals surface area contributed by atoms with E-state index in [4.69, 9.17) is 0 Å². The highest BCUT2D eigenvalue weighted by Gasteiger charge is 2.17. The molecule has 2 aromatic rings. The maximum absolute atomic E-state index is 12.2. The highest BCUT2D eigenvalue weighted by molar-refractivity contribution is 7.10. The molecule has 0 radical (unpaired) electrons. The topological polar surface area (TPSA) is 61.4 Å². The van der Waals surface area contributed by atoms with Crippen LogP contribution in [-0.4, -0.2) is 30.4 Å². The van der Waals surface area contributed by atoms with E-state index in [9.17, 15) is 9.59 Å². The second kappa shape index (κ2) is 7.97. The van der Waals surface area contributed by atoms with Gasteiger partial charge >= 0.3 is 6.03 Å². The largest absolute Gasteiger partial charge is 0.331 e. The third kappa shape index (κ3) is 4.58. The lowest BCUT2D eigenvalue weighted by Crippen LogP contribution is -2.42. The van der Waals surface area contributed by atoms with Gasteiger partial charge in [0, 0.05) is 17.6 Å². The third-order valence-corrected chi connectivity index (χ3v) is 4.84. The predicted molar refractivity (Wildman–Crippen MR) is 98.4 cm³/mol. The van der Waals surface area contributed by atoms with Crippen LogP contribution >= 0.6 is 11.3 Å². The van der Waals surface area contributed by atoms with Gasteiger partial charge in [0.05, 0.1) is 6.04 Å². The summed E-state index contributed by atoms with van der Waals surface area (Å²) in [5.41, 5.74) is 2.81. The summed E-state index contributed by atoms with van der Waals surface area (Å²) in [5, 5.41) is 7.75. The van der Waals surface area contributed by atoms with Crippen LogP contribution in [0, 0.1) is 13.8 Å². The maximum atomic E-state index is 12.2. The van der Waals surface area contributed by atoms with Crippen molar-refractivity contribution in [1.29, 1.82) is 0 Å². The maximum Gasteiger partial charge on any atom is 0.318 e. The van der Waals surface area contributed by atoms with Gasteiger partial charge < -0.3 is 15.5 Å². The molecule has 0 saturated carbocycles. The molecule has 0 aliphatic rings. The van der Waals surface area contributed by atoms with Crippen LogP contribution in [0.25, 0.3) is 0 Å². The number of nitrogens with one attached hydrogen (secondary N) is 2. The summed E-state index contributed by atoms with van der Waals surface area (Å²) in [7, 11) is 1.61. The molecule has 5 nitrogen and oxygen atoms in total. The van der Waals surface area contributed by atoms with E-state index in [1.165, 1.54) is 4.90 Å². The molecule has 1 aromatic carbocycles. The Bertz CT molecular complexity index is 693. The van der Waals surface area contributed by atoms with Crippen molar-refractivity contribution in [3.63, 3.8) is 0 Å². The van der Waals surface area contributed by atoms with Gasteiger partial charge in [-0.25, -0.2) is 4.79 Å². The molecular formula is C18H23N3O2S. The normalized spacial score (nSPS) is 11.7. The molecule has 1 heterocycles. The van der Waals surface area contributed by atoms with Crippen LogP contribution in [0.1, 0.15) is 29.0 Å². The van der Waals surface area contributed by atoms with Gasteiger partial charge in [0.2, 0.25) is 5.91 Å². The van der Waals surface area contributed by atoms with Crippen LogP contribution in [0.2, 0.25) is 0 Å². The number of amides is 3. The van der Waals surface area contributed by atoms with Gasteiger partial charge in [0.25, 0.3) is 0 Å². The van der Waals surface area contributed by atoms with Crippen molar-refractivity contribution in [2.75, 3.05) is 18.9 Å². The number of likely N-dealkylation sites (N-methyl/N-ethyl adjacent to an activating group) is 1. The number of thiophene rings is 1. The molecule has 0 saturated heterocycles. The van der Waals surface area contributed by atoms with Crippen molar-refractivity contribution in [3.05, 3.63) is 51.7 Å². The summed E-state index contributed by atoms with van der Waals surface area (Å²) >= 11 is 1.59. The Morgan fingerprint density at radius 1 is 1.17 bits per heavy atom. The van der Waals surface area contributed by atoms with E-state index >= 15 is 0 Å². The number of anilines is 1. The van der Waals surface area contributed by atoms with Crippen LogP contribution in [0.4, 0.5) is 10.5 Å². The number of carbonyl (C=O) groups excluding carboxylic acids is 2. The Morgan fingerprint density at radius 2 is 1.83 bits per heavy atom. The Kier molecular flexibility index (Phi) is 5.98. The molecule has 24 heavy (non-hydrogen) atoms. The van der Waals surface area contributed by atoms with E-state index in [1.807, 2.05) is 56.5 Å². The molecule has 128 valence electrons. The summed E-state index contributed by atoms with van der Waals surface area (Å²) in [6.07, 6.45) is 0. The lowest BCUT2D eigenvalue weighted by Gasteiger charge is -2.21. The van der Waals surface area contributed by atoms with E-state index in [1.54, 1.807) is 18.4 Å². The Balaban J connectivity index is 1.90. The molecule has 1 unspecified atom stereocenters. The summed E-state index contributed by atoms with van der Waals surface area (Å²) in [4.78, 5) is 26.9. The van der Waals surface area contributed by atoms with Crippen molar-refractivity contribution in [3.8, 4) is 0 Å². The molecule has 6 heteroatoms. The number of urea groups is 1. The minimum absolute atomic E-state index is 0.00321. The molecule has 1 atom stereocenters. The second-order valence-corrected chi connectivity index (χ2v) is 6.84. The van der Waals surface area contributed by atoms with E-state index < -0.39 is 0 Å². The second-order valence-electron chi connectivity index (χ2n) is 5.86. The standard InChI is InChI=1S/C18H23N3O2S/c1-12-7-5-8-13(2)17(12)20-16(22)11-21(4)18(23)19-14(3)15-9-6-10-24-15/h5-10,14H,11H2,1-4H3,(H,19,23)(H,20,22). The van der Waals surface area contributed by atoms with Crippen molar-refractivity contribution in [2.24, 2.45) is 0 Å². The van der Waals surface area contributed by atoms with E-state index in [2.05, 4.69) is 10.6 Å². The molecule has 3 amide bonds. The number of hydrogen-bond acceptors (Lipinski definition) is 3. The first-order chi connectivity index (χ1) is 11.4. The minimum Gasteiger partial charge on any atom is -0.331 e. The molecule has 1 aromatic heterocycles. The third-order valence-electron chi connectivity index (χ3n) is 3.78. The highest BCUT2D eigenvalue weighted by atomic mass is 32.1. The number of rotatable bonds is 5. The quantitative estimate of drug-likeness (QED) is 0.868. The number of para-hydroxylation sites is 1. The number of aryl methyl sites for hydroxylation is 2. The SMILES string of the molecule is Cc1cccc(C)c1NC(=O)CN(C)C(=O)NC(C)c1cccs1. The molecule has 2 rings (SSSR count). The van der Waals surface area contributed by atoms with Gasteiger partial charge in [-0.15, -0.1) is 11.3 Å². The van der Waals surface area contributed by atoms with Gasteiger partial charge in [-0.1, -0.05) is 24.3 Å². The van der Waals surface area contributed by atoms with E-state index in [0.717, 1.165) is 21.7 Å². The fraction of sp³-hybridized carbons (Fsp3) is 0.333. The predicted octanol–water partition coefficient (Wildman–Crippen LogP) is 3.71. The van der Waals surface area contributed by atoms with Crippen LogP contribution < -0.4 is 10.6 Å². The van der Waals surface area contributed by atoms with Gasteiger partial charge in [0.15, 0.2) is 0 Å². The van der Waals surface area contributed by atoms with Crippen LogP contribution in [0.15, 0.2) is 35.7 Å². The summed E-state index contributed by atoms with van der Waals surface area (Å²) in [5.74, 6) is -0.214. The van der Waals surface area contributed by atoms with Gasteiger partial charge in [-0.2, -0.15) is 0 Å². The lowest BCUT2D eigenvalue weighted by atomic mass is 10.1. The fourth-order valence-electron chi connectivity index (χ4n) is 2.38. The molecule has 0 fully saturated rings. The molecule has 0 spiro atoms. The number of nitrogens with zero attached hydrogens (tertiary/aromatic N) is 1. The monoisotopic (exact) mass is 345 g/mol. The first kappa shape index (κ1) is 18.0. The van der Waals surface area contributed by atoms with E-state index in [0.29, 0.717) is 0 Å². The Morgan fingerprint density at radius 3 is 2.42 bits per heavy atom. The molecule has 0 bridgehead atoms. The number of carbonyl (C=O) groups is 2. The zero-order valence-electron chi connectivity index (χ0n) is 14.4. The van der Waals surface area contributed by atoms with Gasteiger partial charge in [-0.05, 0) is 43.3 Å². The van der Waals surface area contributed by atoms with Crippen molar-refractivity contribution in [1.82, 2.24) is 10.2 Å². The van der Waals surface area contributed by atoms with Crippen LogP contribution in [-0.2, 0) is 4.79 Å². The summed E-state index contributed by atoms with van der Waals surface area (Å²) < 4.78 is 0. The van der Waals surface area contributed by atoms with Crippen molar-refractivity contribution in [2.45, 2.75) is 26.8 Å². The number of hydrogen-bond donors (Lipinski definition) is 2. The van der Waals surface area contributed by atoms with Gasteiger partial charge in [-0.3, -0.25) is 4.79 Å². The molecule has 0 aliphatic carbocycles. The average Bonchev–Trinajstić information content (AvgIpc) is 3.05. The number of benzene rings is 1. The Labute approximate surface area is 146 Å². The van der Waals surface area contributed by atoms with Crippen molar-refractivity contribution >= 4 is 29.0 Å². The smallest absolute Gasteiger partial charge is 0.318 e. The van der Waals surface area contributed by atoms with Crippen LogP contribution in [0.5, 0.6) is 0 Å². The first-order valence-corrected chi connectivity index (χ1v) is 8.67. The average molecular weight is 345 g/mol. The highest BCUT2D eigenvalue weighted by Crippen LogP contribution is 2.20. The van der Waals surface area contributed by atoms with Crippen LogP contribution in [0.3, 0.4) is 0 Å². The fourth-order valence-corrected chi connectivity index (χ4v) is 3.12. The summed E-state index contributed by atoms with van der Waals surface area (Å²) in [6, 6.07) is 9.41. The van der Waals surface area contributed by atoms with Crippen molar-refractivity contribution < 1.29 is 9.59 Å². The summed E-state index contributed by atoms with van der Waals surface area (Å²) in [6.45, 7) is 5.81. The first-order valence-electron chi connectivity index (χ1n) is 7.79. The lowest BCUT2D eigenvalue weighted by molar-refractivity contribution is -0.116. The molecular weight excluding hydrogens is 322 g/mol. The van der Waals surface area contributed by atoms with E-state index in [-0.39, 0.29) is 24.5 Å². The molecule has 0 aliphatic heterocycles. The zero-order chi connectivity index (χ0) is 17.7. The van der Waals surface area contributed by atoms with Gasteiger partial charge in [0.1, 0.15) is 6.54 Å². The molecule has 2 N–H and O–H groups in total.